The Hall–Kier alpha value is -4.14. The van der Waals surface area contributed by atoms with E-state index in [4.69, 9.17) is 4.74 Å². The molecule has 8 heteroatoms. The third-order valence-electron chi connectivity index (χ3n) is 7.26. The Morgan fingerprint density at radius 2 is 1.68 bits per heavy atom. The number of tetrazole rings is 1. The maximum absolute atomic E-state index is 13.8. The number of nitrogens with one attached hydrogen (secondary N) is 1. The Morgan fingerprint density at radius 1 is 0.950 bits per heavy atom. The molecule has 1 N–H and O–H groups in total. The lowest BCUT2D eigenvalue weighted by atomic mass is 9.99. The smallest absolute Gasteiger partial charge is 0.253 e. The van der Waals surface area contributed by atoms with Crippen LogP contribution in [0.5, 0.6) is 0 Å². The number of methoxy groups -OCH3 is 1. The third-order valence-corrected chi connectivity index (χ3v) is 7.26. The van der Waals surface area contributed by atoms with Crippen LogP contribution in [-0.4, -0.2) is 43.8 Å². The average molecular weight is 537 g/mol. The molecule has 0 spiro atoms. The van der Waals surface area contributed by atoms with Gasteiger partial charge in [-0.1, -0.05) is 80.6 Å². The molecule has 0 unspecified atom stereocenters. The molecule has 0 aliphatic heterocycles. The summed E-state index contributed by atoms with van der Waals surface area (Å²) in [4.78, 5) is 19.1. The fourth-order valence-electron chi connectivity index (χ4n) is 5.08. The normalized spacial score (nSPS) is 12.4. The van der Waals surface area contributed by atoms with Crippen molar-refractivity contribution >= 4 is 10.9 Å². The van der Waals surface area contributed by atoms with Crippen molar-refractivity contribution in [2.45, 2.75) is 52.4 Å². The molecule has 1 atom stereocenters. The van der Waals surface area contributed by atoms with Crippen molar-refractivity contribution in [1.29, 1.82) is 0 Å². The first-order chi connectivity index (χ1) is 19.4. The summed E-state index contributed by atoms with van der Waals surface area (Å²) in [7, 11) is 1.65. The van der Waals surface area contributed by atoms with E-state index >= 15 is 0 Å². The van der Waals surface area contributed by atoms with E-state index in [1.54, 1.807) is 11.8 Å². The van der Waals surface area contributed by atoms with Crippen LogP contribution >= 0.6 is 0 Å². The largest absolute Gasteiger partial charge is 0.383 e. The molecule has 3 aromatic carbocycles. The van der Waals surface area contributed by atoms with Crippen molar-refractivity contribution in [3.05, 3.63) is 123 Å². The van der Waals surface area contributed by atoms with Crippen molar-refractivity contribution in [3.8, 4) is 0 Å². The standard InChI is InChI=1S/C32H36N6O2/c1-22(2)26-14-11-25(12-15-26)21-37(20-24-8-6-5-7-9-24)30(31-34-35-36-38(31)16-17-40-4)28-19-27-13-10-23(3)18-29(27)33-32(28)39/h5-15,18-19,22,30H,16-17,20-21H2,1-4H3,(H,33,39)/t30-/m1/s1. The van der Waals surface area contributed by atoms with Gasteiger partial charge in [-0.2, -0.15) is 0 Å². The summed E-state index contributed by atoms with van der Waals surface area (Å²) in [6, 6.07) is 26.6. The second kappa shape index (κ2) is 12.4. The molecule has 5 aromatic rings. The molecule has 2 aromatic heterocycles. The summed E-state index contributed by atoms with van der Waals surface area (Å²) >= 11 is 0. The van der Waals surface area contributed by atoms with Gasteiger partial charge in [-0.3, -0.25) is 9.69 Å². The number of H-pyrrole nitrogens is 1. The highest BCUT2D eigenvalue weighted by atomic mass is 16.5. The molecule has 0 bridgehead atoms. The first kappa shape index (κ1) is 27.4. The zero-order chi connectivity index (χ0) is 28.1. The number of aromatic amines is 1. The monoisotopic (exact) mass is 536 g/mol. The number of aromatic nitrogens is 5. The molecular weight excluding hydrogens is 500 g/mol. The summed E-state index contributed by atoms with van der Waals surface area (Å²) in [6.07, 6.45) is 0. The minimum Gasteiger partial charge on any atom is -0.383 e. The first-order valence-corrected chi connectivity index (χ1v) is 13.7. The minimum atomic E-state index is -0.508. The topological polar surface area (TPSA) is 88.9 Å². The lowest BCUT2D eigenvalue weighted by Crippen LogP contribution is -2.35. The van der Waals surface area contributed by atoms with E-state index in [-0.39, 0.29) is 5.56 Å². The van der Waals surface area contributed by atoms with Gasteiger partial charge in [0.15, 0.2) is 5.82 Å². The maximum Gasteiger partial charge on any atom is 0.253 e. The highest BCUT2D eigenvalue weighted by Gasteiger charge is 2.31. The van der Waals surface area contributed by atoms with Gasteiger partial charge in [-0.25, -0.2) is 4.68 Å². The van der Waals surface area contributed by atoms with Crippen molar-refractivity contribution in [3.63, 3.8) is 0 Å². The van der Waals surface area contributed by atoms with Gasteiger partial charge in [0.25, 0.3) is 5.56 Å². The van der Waals surface area contributed by atoms with Crippen molar-refractivity contribution in [1.82, 2.24) is 30.1 Å². The Balaban J connectivity index is 1.66. The lowest BCUT2D eigenvalue weighted by Gasteiger charge is -2.31. The molecule has 0 aliphatic carbocycles. The predicted molar refractivity (Wildman–Crippen MR) is 157 cm³/mol. The van der Waals surface area contributed by atoms with Gasteiger partial charge in [0.05, 0.1) is 13.2 Å². The number of aryl methyl sites for hydroxylation is 1. The van der Waals surface area contributed by atoms with Gasteiger partial charge >= 0.3 is 0 Å². The fraction of sp³-hybridized carbons (Fsp3) is 0.312. The van der Waals surface area contributed by atoms with Crippen LogP contribution in [0.4, 0.5) is 0 Å². The van der Waals surface area contributed by atoms with E-state index in [1.807, 2.05) is 43.3 Å². The summed E-state index contributed by atoms with van der Waals surface area (Å²) in [5.41, 5.74) is 5.91. The van der Waals surface area contributed by atoms with Crippen LogP contribution in [0.15, 0.2) is 83.7 Å². The third kappa shape index (κ3) is 6.19. The number of pyridine rings is 1. The van der Waals surface area contributed by atoms with Gasteiger partial charge in [0.1, 0.15) is 6.04 Å². The Morgan fingerprint density at radius 3 is 2.38 bits per heavy atom. The summed E-state index contributed by atoms with van der Waals surface area (Å²) in [6.45, 7) is 8.53. The summed E-state index contributed by atoms with van der Waals surface area (Å²) in [5, 5.41) is 13.7. The van der Waals surface area contributed by atoms with Crippen LogP contribution in [0, 0.1) is 6.92 Å². The van der Waals surface area contributed by atoms with E-state index in [2.05, 4.69) is 81.7 Å². The van der Waals surface area contributed by atoms with Crippen LogP contribution in [-0.2, 0) is 24.4 Å². The molecule has 5 rings (SSSR count). The van der Waals surface area contributed by atoms with E-state index < -0.39 is 6.04 Å². The van der Waals surface area contributed by atoms with E-state index in [9.17, 15) is 4.79 Å². The number of hydrogen-bond donors (Lipinski definition) is 1. The number of benzene rings is 3. The fourth-order valence-corrected chi connectivity index (χ4v) is 5.08. The van der Waals surface area contributed by atoms with Crippen LogP contribution in [0.3, 0.4) is 0 Å². The zero-order valence-corrected chi connectivity index (χ0v) is 23.5. The molecule has 0 amide bonds. The molecule has 0 saturated carbocycles. The van der Waals surface area contributed by atoms with Crippen molar-refractivity contribution < 1.29 is 4.74 Å². The Labute approximate surface area is 234 Å². The molecule has 2 heterocycles. The molecular formula is C32H36N6O2. The highest BCUT2D eigenvalue weighted by molar-refractivity contribution is 5.79. The Bertz CT molecular complexity index is 1610. The number of ether oxygens (including phenoxy) is 1. The van der Waals surface area contributed by atoms with E-state index in [1.165, 1.54) is 5.56 Å². The minimum absolute atomic E-state index is 0.155. The van der Waals surface area contributed by atoms with E-state index in [0.717, 1.165) is 27.6 Å². The summed E-state index contributed by atoms with van der Waals surface area (Å²) < 4.78 is 7.08. The van der Waals surface area contributed by atoms with E-state index in [0.29, 0.717) is 43.5 Å². The molecule has 206 valence electrons. The predicted octanol–water partition coefficient (Wildman–Crippen LogP) is 5.38. The van der Waals surface area contributed by atoms with Crippen LogP contribution in [0.25, 0.3) is 10.9 Å². The van der Waals surface area contributed by atoms with Crippen LogP contribution in [0.2, 0.25) is 0 Å². The second-order valence-electron chi connectivity index (χ2n) is 10.6. The van der Waals surface area contributed by atoms with Crippen molar-refractivity contribution in [2.24, 2.45) is 0 Å². The molecule has 0 radical (unpaired) electrons. The number of hydrogen-bond acceptors (Lipinski definition) is 6. The number of nitrogens with zero attached hydrogens (tertiary/aromatic N) is 5. The first-order valence-electron chi connectivity index (χ1n) is 13.7. The molecule has 0 aliphatic rings. The van der Waals surface area contributed by atoms with Gasteiger partial charge in [0, 0.05) is 31.3 Å². The zero-order valence-electron chi connectivity index (χ0n) is 23.5. The van der Waals surface area contributed by atoms with Gasteiger partial charge < -0.3 is 9.72 Å². The lowest BCUT2D eigenvalue weighted by molar-refractivity contribution is 0.169. The SMILES string of the molecule is COCCn1nnnc1[C@@H](c1cc2ccc(C)cc2[nH]c1=O)N(Cc1ccccc1)Cc1ccc(C(C)C)cc1. The Kier molecular flexibility index (Phi) is 8.48. The number of fused-ring (bicyclic) bond motifs is 1. The molecule has 8 nitrogen and oxygen atoms in total. The van der Waals surface area contributed by atoms with Crippen LogP contribution in [0.1, 0.15) is 59.4 Å². The van der Waals surface area contributed by atoms with Gasteiger partial charge in [-0.05, 0) is 63.0 Å². The van der Waals surface area contributed by atoms with Crippen LogP contribution < -0.4 is 5.56 Å². The second-order valence-corrected chi connectivity index (χ2v) is 10.6. The van der Waals surface area contributed by atoms with Crippen molar-refractivity contribution in [2.75, 3.05) is 13.7 Å². The van der Waals surface area contributed by atoms with Gasteiger partial charge in [0.2, 0.25) is 0 Å². The average Bonchev–Trinajstić information content (AvgIpc) is 3.41. The highest BCUT2D eigenvalue weighted by Crippen LogP contribution is 2.30. The quantitative estimate of drug-likeness (QED) is 0.244. The van der Waals surface area contributed by atoms with Gasteiger partial charge in [-0.15, -0.1) is 5.10 Å². The molecule has 0 fully saturated rings. The molecule has 0 saturated heterocycles. The summed E-state index contributed by atoms with van der Waals surface area (Å²) in [5.74, 6) is 1.05. The number of rotatable bonds is 11. The molecule has 40 heavy (non-hydrogen) atoms. The maximum atomic E-state index is 13.8.